The van der Waals surface area contributed by atoms with Gasteiger partial charge in [0, 0.05) is 36.4 Å². The summed E-state index contributed by atoms with van der Waals surface area (Å²) < 4.78 is 20.4. The van der Waals surface area contributed by atoms with E-state index in [9.17, 15) is 0 Å². The summed E-state index contributed by atoms with van der Waals surface area (Å²) in [6.45, 7) is 59.4. The third-order valence-corrected chi connectivity index (χ3v) is 10.1. The van der Waals surface area contributed by atoms with Gasteiger partial charge in [0.05, 0.1) is 30.8 Å². The number of ether oxygens (including phenoxy) is 1. The van der Waals surface area contributed by atoms with E-state index in [-0.39, 0.29) is 0 Å². The monoisotopic (exact) mass is 1030 g/mol. The molecule has 6 heterocycles. The smallest absolute Gasteiger partial charge is 0.194 e. The van der Waals surface area contributed by atoms with Crippen molar-refractivity contribution in [2.45, 2.75) is 262 Å². The molecule has 0 spiro atoms. The van der Waals surface area contributed by atoms with Gasteiger partial charge in [0.1, 0.15) is 18.3 Å². The van der Waals surface area contributed by atoms with Crippen LogP contribution in [0.15, 0.2) is 87.4 Å². The summed E-state index contributed by atoms with van der Waals surface area (Å²) in [7, 11) is 0. The second-order valence-corrected chi connectivity index (χ2v) is 22.4. The van der Waals surface area contributed by atoms with E-state index in [4.69, 9.17) is 18.0 Å². The van der Waals surface area contributed by atoms with E-state index in [1.165, 1.54) is 44.2 Å². The van der Waals surface area contributed by atoms with Gasteiger partial charge in [0.2, 0.25) is 0 Å². The minimum Gasteiger partial charge on any atom is -0.451 e. The van der Waals surface area contributed by atoms with Crippen LogP contribution in [-0.2, 0) is 24.0 Å². The molecule has 0 aromatic carbocycles. The number of hydrogen-bond acceptors (Lipinski definition) is 9. The lowest BCUT2D eigenvalue weighted by molar-refractivity contribution is 0.0379. The SMILES string of the molecule is CC.CC.CC.CC.CC.CC.CC(C)(C)CC1CC=CCN1.CC(C)(C)CC1CC=CCO1.CC(C)(C)CC1CC=CCS1.CC(C)Cc1cnco1.CC(C)Cc1cocn1.CC(C)Cc1ncco1. The van der Waals surface area contributed by atoms with E-state index < -0.39 is 0 Å². The van der Waals surface area contributed by atoms with E-state index in [1.54, 1.807) is 24.9 Å². The molecule has 0 aliphatic carbocycles. The van der Waals surface area contributed by atoms with Crippen LogP contribution in [0.1, 0.15) is 243 Å². The molecule has 0 radical (unpaired) electrons. The van der Waals surface area contributed by atoms with E-state index in [0.717, 1.165) is 67.9 Å². The van der Waals surface area contributed by atoms with Gasteiger partial charge in [-0.25, -0.2) is 15.0 Å². The van der Waals surface area contributed by atoms with Crippen LogP contribution >= 0.6 is 11.8 Å². The molecule has 3 aromatic heterocycles. The molecule has 0 saturated carbocycles. The van der Waals surface area contributed by atoms with Crippen LogP contribution in [0.2, 0.25) is 0 Å². The molecule has 3 aromatic rings. The molecule has 426 valence electrons. The number of allylic oxidation sites excluding steroid dienone is 1. The van der Waals surface area contributed by atoms with Gasteiger partial charge in [0.25, 0.3) is 0 Å². The predicted octanol–water partition coefficient (Wildman–Crippen LogP) is 20.4. The van der Waals surface area contributed by atoms with Gasteiger partial charge in [-0.15, -0.1) is 0 Å². The van der Waals surface area contributed by atoms with E-state index in [2.05, 4.69) is 172 Å². The third-order valence-electron chi connectivity index (χ3n) is 8.90. The molecule has 3 atom stereocenters. The highest BCUT2D eigenvalue weighted by Gasteiger charge is 2.20. The fraction of sp³-hybridized carbons (Fsp3) is 0.762. The van der Waals surface area contributed by atoms with Crippen molar-refractivity contribution in [1.29, 1.82) is 0 Å². The molecule has 0 fully saturated rings. The van der Waals surface area contributed by atoms with Crippen molar-refractivity contribution in [2.24, 2.45) is 34.0 Å². The summed E-state index contributed by atoms with van der Waals surface area (Å²) in [5.74, 6) is 4.98. The lowest BCUT2D eigenvalue weighted by Gasteiger charge is -2.27. The van der Waals surface area contributed by atoms with Crippen LogP contribution in [-0.4, -0.2) is 51.3 Å². The number of nitrogens with one attached hydrogen (secondary N) is 1. The Kier molecular flexibility index (Phi) is 60.8. The first kappa shape index (κ1) is 80.5. The van der Waals surface area contributed by atoms with E-state index >= 15 is 0 Å². The first-order valence-corrected chi connectivity index (χ1v) is 29.7. The highest BCUT2D eigenvalue weighted by molar-refractivity contribution is 8.00. The van der Waals surface area contributed by atoms with E-state index in [0.29, 0.717) is 46.1 Å². The maximum atomic E-state index is 5.57. The second-order valence-electron chi connectivity index (χ2n) is 21.1. The first-order chi connectivity index (χ1) is 34.1. The van der Waals surface area contributed by atoms with Crippen LogP contribution in [0, 0.1) is 34.0 Å². The Morgan fingerprint density at radius 3 is 1.50 bits per heavy atom. The number of aromatic nitrogens is 3. The van der Waals surface area contributed by atoms with Gasteiger partial charge in [-0.05, 0) is 78.9 Å². The number of nitrogens with zero attached hydrogens (tertiary/aromatic N) is 3. The summed E-state index contributed by atoms with van der Waals surface area (Å²) in [6, 6.07) is 0.708. The Bertz CT molecular complexity index is 1310. The average Bonchev–Trinajstić information content (AvgIpc) is 4.17. The van der Waals surface area contributed by atoms with Gasteiger partial charge in [-0.1, -0.05) is 223 Å². The normalized spacial score (nSPS) is 16.2. The maximum Gasteiger partial charge on any atom is 0.194 e. The Morgan fingerprint density at radius 2 is 1.12 bits per heavy atom. The average molecular weight is 1030 g/mol. The van der Waals surface area contributed by atoms with Gasteiger partial charge in [-0.3, -0.25) is 0 Å². The zero-order chi connectivity index (χ0) is 57.0. The summed E-state index contributed by atoms with van der Waals surface area (Å²) in [4.78, 5) is 11.8. The van der Waals surface area contributed by atoms with Crippen molar-refractivity contribution < 1.29 is 18.0 Å². The topological polar surface area (TPSA) is 99.3 Å². The molecule has 3 aliphatic heterocycles. The molecular weight excluding hydrogens is 909 g/mol. The maximum absolute atomic E-state index is 5.57. The summed E-state index contributed by atoms with van der Waals surface area (Å²) in [6.07, 6.45) is 33.9. The fourth-order valence-corrected chi connectivity index (χ4v) is 7.95. The Balaban J connectivity index is -0.000000174. The van der Waals surface area contributed by atoms with Crippen LogP contribution in [0.4, 0.5) is 0 Å². The van der Waals surface area contributed by atoms with Crippen LogP contribution in [0.25, 0.3) is 0 Å². The van der Waals surface area contributed by atoms with Crippen LogP contribution in [0.5, 0.6) is 0 Å². The molecule has 0 amide bonds. The molecular formula is C63H124N4O4S. The van der Waals surface area contributed by atoms with Crippen molar-refractivity contribution in [2.75, 3.05) is 18.9 Å². The molecule has 3 aliphatic rings. The second kappa shape index (κ2) is 54.4. The van der Waals surface area contributed by atoms with Gasteiger partial charge >= 0.3 is 0 Å². The standard InChI is InChI=1S/C10H19N.C10H18O.C10H18S.3C7H11NO.6C2H6/c3*1-10(2,3)8-9-6-4-5-7-11-9;1-6(2)3-7-4-9-5-8-7;1-6(2)3-7-4-8-5-9-7;1-6(2)5-7-8-3-4-9-7;6*1-2/h4-5,9,11H,6-8H2,1-3H3;2*4-5,9H,6-8H2,1-3H3;2*4-6H,3H2,1-2H3;3-4,6H,5H2,1-2H3;6*1-2H3. The largest absolute Gasteiger partial charge is 0.451 e. The molecule has 0 bridgehead atoms. The fourth-order valence-electron chi connectivity index (χ4n) is 6.56. The van der Waals surface area contributed by atoms with E-state index in [1.807, 2.05) is 83.1 Å². The summed E-state index contributed by atoms with van der Waals surface area (Å²) >= 11 is 2.10. The Labute approximate surface area is 454 Å². The lowest BCUT2D eigenvalue weighted by atomic mass is 9.86. The molecule has 0 saturated heterocycles. The third kappa shape index (κ3) is 61.4. The van der Waals surface area contributed by atoms with Crippen molar-refractivity contribution in [3.05, 3.63) is 91.5 Å². The number of rotatable bonds is 9. The van der Waals surface area contributed by atoms with Crippen molar-refractivity contribution >= 4 is 11.8 Å². The first-order valence-electron chi connectivity index (χ1n) is 28.6. The van der Waals surface area contributed by atoms with Gasteiger partial charge < -0.3 is 23.3 Å². The van der Waals surface area contributed by atoms with Crippen LogP contribution in [0.3, 0.4) is 0 Å². The van der Waals surface area contributed by atoms with Crippen molar-refractivity contribution in [3.8, 4) is 0 Å². The van der Waals surface area contributed by atoms with Gasteiger partial charge in [-0.2, -0.15) is 11.8 Å². The molecule has 72 heavy (non-hydrogen) atoms. The van der Waals surface area contributed by atoms with Gasteiger partial charge in [0.15, 0.2) is 18.7 Å². The number of thioether (sulfide) groups is 1. The van der Waals surface area contributed by atoms with Crippen LogP contribution < -0.4 is 5.32 Å². The molecule has 1 N–H and O–H groups in total. The minimum absolute atomic E-state index is 0.399. The summed E-state index contributed by atoms with van der Waals surface area (Å²) in [5, 5.41) is 4.36. The van der Waals surface area contributed by atoms with Crippen molar-refractivity contribution in [1.82, 2.24) is 20.3 Å². The number of oxazole rings is 3. The summed E-state index contributed by atoms with van der Waals surface area (Å²) in [5.41, 5.74) is 2.41. The number of hydrogen-bond donors (Lipinski definition) is 1. The molecule has 3 unspecified atom stereocenters. The highest BCUT2D eigenvalue weighted by atomic mass is 32.2. The Morgan fingerprint density at radius 1 is 0.583 bits per heavy atom. The zero-order valence-corrected chi connectivity index (χ0v) is 53.6. The van der Waals surface area contributed by atoms with Crippen molar-refractivity contribution in [3.63, 3.8) is 0 Å². The molecule has 9 heteroatoms. The zero-order valence-electron chi connectivity index (χ0n) is 52.8. The lowest BCUT2D eigenvalue weighted by Crippen LogP contribution is -2.34. The highest BCUT2D eigenvalue weighted by Crippen LogP contribution is 2.32. The quantitative estimate of drug-likeness (QED) is 0.210. The Hall–Kier alpha value is -2.88. The predicted molar refractivity (Wildman–Crippen MR) is 324 cm³/mol. The molecule has 8 nitrogen and oxygen atoms in total. The minimum atomic E-state index is 0.399. The molecule has 6 rings (SSSR count).